The molecule has 3 aliphatic rings. The molecule has 2 heterocycles. The molecule has 1 aromatic rings. The predicted octanol–water partition coefficient (Wildman–Crippen LogP) is 4.46. The highest BCUT2D eigenvalue weighted by atomic mass is 19.4. The van der Waals surface area contributed by atoms with Crippen LogP contribution in [0.5, 0.6) is 0 Å². The molecule has 2 fully saturated rings. The van der Waals surface area contributed by atoms with Gasteiger partial charge in [-0.05, 0) is 70.7 Å². The molecule has 9 heteroatoms. The number of benzene rings is 1. The first kappa shape index (κ1) is 26.2. The van der Waals surface area contributed by atoms with E-state index in [0.29, 0.717) is 18.7 Å². The van der Waals surface area contributed by atoms with Gasteiger partial charge in [0.15, 0.2) is 0 Å². The maximum absolute atomic E-state index is 13.2. The van der Waals surface area contributed by atoms with Crippen molar-refractivity contribution in [3.63, 3.8) is 0 Å². The molecule has 1 N–H and O–H groups in total. The van der Waals surface area contributed by atoms with Gasteiger partial charge in [0.2, 0.25) is 0 Å². The molecule has 35 heavy (non-hydrogen) atoms. The van der Waals surface area contributed by atoms with Gasteiger partial charge >= 0.3 is 12.3 Å². The molecule has 1 aromatic carbocycles. The summed E-state index contributed by atoms with van der Waals surface area (Å²) in [5.74, 6) is 0. The van der Waals surface area contributed by atoms with Crippen molar-refractivity contribution in [2.24, 2.45) is 0 Å². The largest absolute Gasteiger partial charge is 0.444 e. The number of amides is 1. The lowest BCUT2D eigenvalue weighted by Gasteiger charge is -2.52. The number of carbonyl (C=O) groups is 1. The Hall–Kier alpha value is -1.84. The molecule has 1 amide bonds. The second-order valence-electron chi connectivity index (χ2n) is 11.6. The summed E-state index contributed by atoms with van der Waals surface area (Å²) in [4.78, 5) is 19.0. The van der Waals surface area contributed by atoms with Gasteiger partial charge in [-0.3, -0.25) is 9.80 Å². The van der Waals surface area contributed by atoms with Gasteiger partial charge < -0.3 is 14.7 Å². The monoisotopic (exact) mass is 497 g/mol. The summed E-state index contributed by atoms with van der Waals surface area (Å²) in [5.41, 5.74) is 0.192. The number of hydrogen-bond donors (Lipinski definition) is 1. The molecule has 1 aliphatic carbocycles. The van der Waals surface area contributed by atoms with Gasteiger partial charge in [-0.2, -0.15) is 13.2 Å². The first-order valence-corrected chi connectivity index (χ1v) is 12.5. The van der Waals surface area contributed by atoms with Crippen molar-refractivity contribution in [1.82, 2.24) is 14.7 Å². The van der Waals surface area contributed by atoms with Crippen LogP contribution >= 0.6 is 0 Å². The van der Waals surface area contributed by atoms with E-state index in [4.69, 9.17) is 4.74 Å². The van der Waals surface area contributed by atoms with Gasteiger partial charge in [-0.15, -0.1) is 0 Å². The second-order valence-corrected chi connectivity index (χ2v) is 11.6. The van der Waals surface area contributed by atoms with E-state index in [0.717, 1.165) is 44.1 Å². The lowest BCUT2D eigenvalue weighted by atomic mass is 9.86. The highest BCUT2D eigenvalue weighted by Gasteiger charge is 2.45. The van der Waals surface area contributed by atoms with Gasteiger partial charge in [0.1, 0.15) is 5.60 Å². The Morgan fingerprint density at radius 2 is 1.77 bits per heavy atom. The minimum atomic E-state index is -4.38. The lowest BCUT2D eigenvalue weighted by Crippen LogP contribution is -2.62. The smallest absolute Gasteiger partial charge is 0.416 e. The third-order valence-electron chi connectivity index (χ3n) is 7.87. The van der Waals surface area contributed by atoms with E-state index in [1.54, 1.807) is 11.0 Å². The van der Waals surface area contributed by atoms with Crippen LogP contribution in [0.3, 0.4) is 0 Å². The van der Waals surface area contributed by atoms with Crippen molar-refractivity contribution in [3.05, 3.63) is 34.9 Å². The van der Waals surface area contributed by atoms with Crippen molar-refractivity contribution < 1.29 is 27.8 Å². The van der Waals surface area contributed by atoms with E-state index >= 15 is 0 Å². The van der Waals surface area contributed by atoms with E-state index in [9.17, 15) is 23.1 Å². The SMILES string of the molecule is CC1CN(C2(C)CCN(C(=O)OC(C)(C)C)CC2)CCN1[C@@H]1c2ccc(C(F)(F)F)cc2C[C@H]1O. The quantitative estimate of drug-likeness (QED) is 0.654. The number of carbonyl (C=O) groups excluding carboxylic acids is 1. The number of likely N-dealkylation sites (tertiary alicyclic amines) is 1. The minimum absolute atomic E-state index is 0.0350. The molecule has 1 unspecified atom stereocenters. The van der Waals surface area contributed by atoms with Gasteiger partial charge in [-0.1, -0.05) is 6.07 Å². The predicted molar refractivity (Wildman–Crippen MR) is 127 cm³/mol. The summed E-state index contributed by atoms with van der Waals surface area (Å²) in [5, 5.41) is 10.8. The number of alkyl halides is 3. The summed E-state index contributed by atoms with van der Waals surface area (Å²) in [6, 6.07) is 3.72. The van der Waals surface area contributed by atoms with Crippen LogP contribution in [0, 0.1) is 0 Å². The van der Waals surface area contributed by atoms with Gasteiger partial charge in [0.25, 0.3) is 0 Å². The first-order valence-electron chi connectivity index (χ1n) is 12.5. The topological polar surface area (TPSA) is 56.2 Å². The van der Waals surface area contributed by atoms with Crippen LogP contribution in [0.4, 0.5) is 18.0 Å². The maximum Gasteiger partial charge on any atom is 0.416 e. The molecule has 2 aliphatic heterocycles. The second kappa shape index (κ2) is 9.23. The maximum atomic E-state index is 13.2. The summed E-state index contributed by atoms with van der Waals surface area (Å²) in [7, 11) is 0. The molecule has 6 nitrogen and oxygen atoms in total. The van der Waals surface area contributed by atoms with E-state index in [2.05, 4.69) is 23.6 Å². The van der Waals surface area contributed by atoms with Crippen molar-refractivity contribution in [2.45, 2.75) is 89.4 Å². The number of halogens is 3. The number of fused-ring (bicyclic) bond motifs is 1. The Balaban J connectivity index is 1.39. The van der Waals surface area contributed by atoms with Gasteiger partial charge in [0, 0.05) is 50.7 Å². The van der Waals surface area contributed by atoms with Crippen molar-refractivity contribution in [1.29, 1.82) is 0 Å². The normalized spacial score (nSPS) is 28.1. The Morgan fingerprint density at radius 3 is 2.34 bits per heavy atom. The molecule has 2 saturated heterocycles. The number of piperidine rings is 1. The molecule has 0 spiro atoms. The molecule has 0 radical (unpaired) electrons. The number of aliphatic hydroxyl groups is 1. The van der Waals surface area contributed by atoms with E-state index in [1.807, 2.05) is 20.8 Å². The van der Waals surface area contributed by atoms with Crippen molar-refractivity contribution in [3.8, 4) is 0 Å². The van der Waals surface area contributed by atoms with Crippen LogP contribution in [0.2, 0.25) is 0 Å². The fourth-order valence-electron chi connectivity index (χ4n) is 5.88. The Kier molecular flexibility index (Phi) is 6.92. The van der Waals surface area contributed by atoms with E-state index < -0.39 is 23.4 Å². The zero-order chi connectivity index (χ0) is 25.8. The summed E-state index contributed by atoms with van der Waals surface area (Å²) in [6.07, 6.45) is -3.40. The summed E-state index contributed by atoms with van der Waals surface area (Å²) in [6.45, 7) is 13.6. The Bertz CT molecular complexity index is 938. The van der Waals surface area contributed by atoms with Crippen LogP contribution in [0.25, 0.3) is 0 Å². The molecule has 3 atom stereocenters. The van der Waals surface area contributed by atoms with E-state index in [-0.39, 0.29) is 30.1 Å². The van der Waals surface area contributed by atoms with Gasteiger partial charge in [0.05, 0.1) is 17.7 Å². The van der Waals surface area contributed by atoms with E-state index in [1.165, 1.54) is 6.07 Å². The molecule has 0 bridgehead atoms. The van der Waals surface area contributed by atoms with Crippen LogP contribution < -0.4 is 0 Å². The van der Waals surface area contributed by atoms with Gasteiger partial charge in [-0.25, -0.2) is 4.79 Å². The van der Waals surface area contributed by atoms with Crippen molar-refractivity contribution >= 4 is 6.09 Å². The fraction of sp³-hybridized carbons (Fsp3) is 0.731. The number of hydrogen-bond acceptors (Lipinski definition) is 5. The van der Waals surface area contributed by atoms with Crippen LogP contribution in [0.1, 0.15) is 70.2 Å². The number of rotatable bonds is 2. The fourth-order valence-corrected chi connectivity index (χ4v) is 5.88. The molecular weight excluding hydrogens is 459 g/mol. The highest BCUT2D eigenvalue weighted by molar-refractivity contribution is 5.68. The molecule has 0 aromatic heterocycles. The number of ether oxygens (including phenoxy) is 1. The number of nitrogens with zero attached hydrogens (tertiary/aromatic N) is 3. The zero-order valence-electron chi connectivity index (χ0n) is 21.4. The standard InChI is InChI=1S/C26H38F3N3O3/c1-17-16-31(25(5)8-10-30(11-9-25)23(34)35-24(2,3)4)12-13-32(17)22-20-7-6-19(26(27,28)29)14-18(20)15-21(22)33/h6-7,14,17,21-22,33H,8-13,15-16H2,1-5H3/t17?,21-,22-/m1/s1. The molecule has 0 saturated carbocycles. The molecule has 196 valence electrons. The summed E-state index contributed by atoms with van der Waals surface area (Å²) >= 11 is 0. The third kappa shape index (κ3) is 5.47. The molecule has 4 rings (SSSR count). The third-order valence-corrected chi connectivity index (χ3v) is 7.87. The zero-order valence-corrected chi connectivity index (χ0v) is 21.4. The minimum Gasteiger partial charge on any atom is -0.444 e. The summed E-state index contributed by atoms with van der Waals surface area (Å²) < 4.78 is 45.0. The Labute approximate surface area is 206 Å². The molecular formula is C26H38F3N3O3. The average molecular weight is 498 g/mol. The van der Waals surface area contributed by atoms with Crippen molar-refractivity contribution in [2.75, 3.05) is 32.7 Å². The van der Waals surface area contributed by atoms with Crippen LogP contribution in [0.15, 0.2) is 18.2 Å². The first-order chi connectivity index (χ1) is 16.2. The Morgan fingerprint density at radius 1 is 1.11 bits per heavy atom. The number of aliphatic hydroxyl groups excluding tert-OH is 1. The number of piperazine rings is 1. The average Bonchev–Trinajstić information content (AvgIpc) is 3.07. The highest BCUT2D eigenvalue weighted by Crippen LogP contribution is 2.42. The van der Waals surface area contributed by atoms with Crippen LogP contribution in [-0.4, -0.2) is 81.9 Å². The lowest BCUT2D eigenvalue weighted by molar-refractivity contribution is -0.137. The van der Waals surface area contributed by atoms with Crippen LogP contribution in [-0.2, 0) is 17.3 Å².